The number of hydrogen-bond acceptors (Lipinski definition) is 10. The van der Waals surface area contributed by atoms with Crippen molar-refractivity contribution in [2.45, 2.75) is 12.8 Å². The van der Waals surface area contributed by atoms with Gasteiger partial charge in [-0.3, -0.25) is 0 Å². The third kappa shape index (κ3) is 6.53. The van der Waals surface area contributed by atoms with E-state index in [4.69, 9.17) is 10.2 Å². The van der Waals surface area contributed by atoms with Crippen LogP contribution in [0.4, 0.5) is 0 Å². The van der Waals surface area contributed by atoms with Gasteiger partial charge >= 0.3 is 0 Å². The van der Waals surface area contributed by atoms with E-state index >= 15 is 0 Å². The predicted molar refractivity (Wildman–Crippen MR) is 127 cm³/mol. The average molecular weight is 477 g/mol. The quantitative estimate of drug-likeness (QED) is 0.352. The highest BCUT2D eigenvalue weighted by atomic mass is 32.3. The second kappa shape index (κ2) is 12.4. The second-order valence-electron chi connectivity index (χ2n) is 4.39. The Hall–Kier alpha value is 1.94. The molecule has 0 saturated carbocycles. The highest BCUT2D eigenvalue weighted by Crippen LogP contribution is 2.65. The van der Waals surface area contributed by atoms with Gasteiger partial charge in [0.2, 0.25) is 0 Å². The van der Waals surface area contributed by atoms with Gasteiger partial charge in [0.25, 0.3) is 0 Å². The topological polar surface area (TPSA) is 40.5 Å². The van der Waals surface area contributed by atoms with Gasteiger partial charge in [-0.25, -0.2) is 0 Å². The van der Waals surface area contributed by atoms with Crippen molar-refractivity contribution in [1.82, 2.24) is 0 Å². The monoisotopic (exact) mass is 476 g/mol. The Morgan fingerprint density at radius 1 is 0.667 bits per heavy atom. The van der Waals surface area contributed by atoms with Crippen LogP contribution in [0.3, 0.4) is 0 Å². The molecule has 0 aromatic carbocycles. The van der Waals surface area contributed by atoms with Gasteiger partial charge in [0.15, 0.2) is 0 Å². The highest BCUT2D eigenvalue weighted by molar-refractivity contribution is 8.45. The molecule has 2 aliphatic heterocycles. The van der Waals surface area contributed by atoms with Crippen molar-refractivity contribution < 1.29 is 10.2 Å². The molecule has 24 heavy (non-hydrogen) atoms. The standard InChI is InChI=1S/C14H20O2S8/c1-17-9-11(19-7-3-5-15)23-13(21-9)14-22-10(18-2)12(24-14)20-8-4-6-16/h15-16H,3-8H2,1-2H3/b14-13-. The van der Waals surface area contributed by atoms with E-state index in [9.17, 15) is 0 Å². The average Bonchev–Trinajstić information content (AvgIpc) is 3.19. The van der Waals surface area contributed by atoms with E-state index in [1.54, 1.807) is 0 Å². The SMILES string of the molecule is CSC1=C(SCCCO)S/C(=C2/SC(SC)=C(SCCCO)S2)S1. The van der Waals surface area contributed by atoms with Crippen LogP contribution in [0, 0.1) is 0 Å². The van der Waals surface area contributed by atoms with Gasteiger partial charge in [-0.05, 0) is 25.4 Å². The first-order chi connectivity index (χ1) is 11.7. The minimum Gasteiger partial charge on any atom is -0.396 e. The van der Waals surface area contributed by atoms with E-state index in [1.807, 2.05) is 94.1 Å². The minimum atomic E-state index is 0.266. The third-order valence-electron chi connectivity index (χ3n) is 2.68. The molecule has 0 amide bonds. The molecular weight excluding hydrogens is 457 g/mol. The van der Waals surface area contributed by atoms with Crippen molar-refractivity contribution in [3.8, 4) is 0 Å². The van der Waals surface area contributed by atoms with Crippen LogP contribution in [-0.2, 0) is 0 Å². The summed E-state index contributed by atoms with van der Waals surface area (Å²) in [5.74, 6) is 1.95. The van der Waals surface area contributed by atoms with Crippen LogP contribution >= 0.6 is 94.1 Å². The molecular formula is C14H20O2S8. The van der Waals surface area contributed by atoms with Gasteiger partial charge in [0.05, 0.1) is 25.4 Å². The number of thioether (sulfide) groups is 8. The third-order valence-corrected chi connectivity index (χ3v) is 14.1. The van der Waals surface area contributed by atoms with Crippen LogP contribution in [0.5, 0.6) is 0 Å². The van der Waals surface area contributed by atoms with Gasteiger partial charge < -0.3 is 10.2 Å². The van der Waals surface area contributed by atoms with Gasteiger partial charge in [-0.15, -0.1) is 47.0 Å². The largest absolute Gasteiger partial charge is 0.396 e. The van der Waals surface area contributed by atoms with Crippen LogP contribution in [0.15, 0.2) is 25.4 Å². The lowest BCUT2D eigenvalue weighted by Gasteiger charge is -2.03. The van der Waals surface area contributed by atoms with Crippen molar-refractivity contribution in [1.29, 1.82) is 0 Å². The van der Waals surface area contributed by atoms with E-state index in [0.29, 0.717) is 0 Å². The van der Waals surface area contributed by atoms with E-state index in [0.717, 1.165) is 24.3 Å². The molecule has 0 spiro atoms. The minimum absolute atomic E-state index is 0.266. The molecule has 136 valence electrons. The van der Waals surface area contributed by atoms with Crippen molar-refractivity contribution in [2.24, 2.45) is 0 Å². The Morgan fingerprint density at radius 2 is 1.04 bits per heavy atom. The molecule has 0 bridgehead atoms. The van der Waals surface area contributed by atoms with Crippen LogP contribution in [0.1, 0.15) is 12.8 Å². The van der Waals surface area contributed by atoms with Crippen molar-refractivity contribution in [3.05, 3.63) is 25.4 Å². The van der Waals surface area contributed by atoms with E-state index in [-0.39, 0.29) is 13.2 Å². The highest BCUT2D eigenvalue weighted by Gasteiger charge is 2.29. The van der Waals surface area contributed by atoms with E-state index in [1.165, 1.54) is 25.4 Å². The number of aliphatic hydroxyl groups is 2. The summed E-state index contributed by atoms with van der Waals surface area (Å²) in [6.07, 6.45) is 5.97. The molecule has 10 heteroatoms. The van der Waals surface area contributed by atoms with E-state index in [2.05, 4.69) is 12.5 Å². The summed E-state index contributed by atoms with van der Waals surface area (Å²) < 4.78 is 8.33. The zero-order valence-corrected chi connectivity index (χ0v) is 19.9. The Bertz CT molecular complexity index is 483. The van der Waals surface area contributed by atoms with Crippen molar-refractivity contribution in [3.63, 3.8) is 0 Å². The fraction of sp³-hybridized carbons (Fsp3) is 0.571. The molecule has 0 saturated heterocycles. The Morgan fingerprint density at radius 3 is 1.38 bits per heavy atom. The van der Waals surface area contributed by atoms with Gasteiger partial charge in [0.1, 0.15) is 0 Å². The summed E-state index contributed by atoms with van der Waals surface area (Å²) in [5, 5.41) is 17.9. The molecule has 2 rings (SSSR count). The summed E-state index contributed by atoms with van der Waals surface area (Å²) in [4.78, 5) is 0. The first-order valence-corrected chi connectivity index (χ1v) is 14.9. The normalized spacial score (nSPS) is 21.5. The molecule has 2 heterocycles. The lowest BCUT2D eigenvalue weighted by molar-refractivity contribution is 0.296. The van der Waals surface area contributed by atoms with Crippen LogP contribution in [0.25, 0.3) is 0 Å². The van der Waals surface area contributed by atoms with Gasteiger partial charge in [0, 0.05) is 24.7 Å². The molecule has 0 aliphatic carbocycles. The first kappa shape index (κ1) is 22.2. The molecule has 0 unspecified atom stereocenters. The Kier molecular flexibility index (Phi) is 11.5. The summed E-state index contributed by atoms with van der Waals surface area (Å²) in [5.41, 5.74) is 0. The molecule has 2 nitrogen and oxygen atoms in total. The summed E-state index contributed by atoms with van der Waals surface area (Å²) in [6.45, 7) is 0.531. The molecule has 0 aromatic rings. The zero-order valence-electron chi connectivity index (χ0n) is 13.4. The lowest BCUT2D eigenvalue weighted by atomic mass is 10.5. The van der Waals surface area contributed by atoms with E-state index < -0.39 is 0 Å². The molecule has 2 N–H and O–H groups in total. The van der Waals surface area contributed by atoms with Crippen LogP contribution < -0.4 is 0 Å². The summed E-state index contributed by atoms with van der Waals surface area (Å²) >= 11 is 14.9. The second-order valence-corrected chi connectivity index (χ2v) is 13.9. The van der Waals surface area contributed by atoms with Crippen LogP contribution in [-0.4, -0.2) is 47.4 Å². The molecule has 2 aliphatic rings. The number of hydrogen-bond donors (Lipinski definition) is 2. The maximum absolute atomic E-state index is 8.97. The summed E-state index contributed by atoms with van der Waals surface area (Å²) in [6, 6.07) is 0. The number of rotatable bonds is 10. The van der Waals surface area contributed by atoms with Crippen LogP contribution in [0.2, 0.25) is 0 Å². The Labute approximate surface area is 178 Å². The first-order valence-electron chi connectivity index (χ1n) is 7.23. The Balaban J connectivity index is 1.99. The fourth-order valence-corrected chi connectivity index (χ4v) is 12.7. The smallest absolute Gasteiger partial charge is 0.0717 e. The van der Waals surface area contributed by atoms with Crippen molar-refractivity contribution in [2.75, 3.05) is 37.2 Å². The molecule has 0 fully saturated rings. The van der Waals surface area contributed by atoms with Gasteiger partial charge in [-0.2, -0.15) is 0 Å². The van der Waals surface area contributed by atoms with Crippen molar-refractivity contribution >= 4 is 94.1 Å². The maximum atomic E-state index is 8.97. The predicted octanol–water partition coefficient (Wildman–Crippen LogP) is 6.28. The van der Waals surface area contributed by atoms with Gasteiger partial charge in [-0.1, -0.05) is 47.0 Å². The fourth-order valence-electron chi connectivity index (χ4n) is 1.60. The lowest BCUT2D eigenvalue weighted by Crippen LogP contribution is -1.85. The number of aliphatic hydroxyl groups excluding tert-OH is 2. The molecule has 0 aromatic heterocycles. The molecule has 0 radical (unpaired) electrons. The summed E-state index contributed by atoms with van der Waals surface area (Å²) in [7, 11) is 0. The maximum Gasteiger partial charge on any atom is 0.0717 e. The molecule has 0 atom stereocenters. The zero-order chi connectivity index (χ0) is 17.4.